The summed E-state index contributed by atoms with van der Waals surface area (Å²) in [5.41, 5.74) is 0.648. The molecule has 2 aromatic rings. The molecule has 0 fully saturated rings. The summed E-state index contributed by atoms with van der Waals surface area (Å²) >= 11 is 18.1. The normalized spacial score (nSPS) is 11.5. The van der Waals surface area contributed by atoms with Crippen molar-refractivity contribution in [3.05, 3.63) is 35.1 Å². The lowest BCUT2D eigenvalue weighted by Crippen LogP contribution is -2.07. The highest BCUT2D eigenvalue weighted by molar-refractivity contribution is 7.17. The Hall–Kier alpha value is -0.880. The Balaban J connectivity index is 2.57. The number of pyridine rings is 1. The van der Waals surface area contributed by atoms with Crippen molar-refractivity contribution in [1.29, 1.82) is 0 Å². The Bertz CT molecular complexity index is 581. The van der Waals surface area contributed by atoms with Gasteiger partial charge < -0.3 is 5.11 Å². The van der Waals surface area contributed by atoms with Crippen LogP contribution in [-0.4, -0.2) is 21.0 Å². The highest BCUT2D eigenvalue weighted by atomic mass is 35.6. The van der Waals surface area contributed by atoms with Crippen LogP contribution in [0.5, 0.6) is 0 Å². The molecule has 4 nitrogen and oxygen atoms in total. The fourth-order valence-electron chi connectivity index (χ4n) is 1.28. The smallest absolute Gasteiger partial charge is 0.348 e. The summed E-state index contributed by atoms with van der Waals surface area (Å²) in [6, 6.07) is 3.40. The molecule has 0 atom stereocenters. The average Bonchev–Trinajstić information content (AvgIpc) is 2.74. The van der Waals surface area contributed by atoms with Gasteiger partial charge in [0.2, 0.25) is 3.79 Å². The fraction of sp³-hybridized carbons (Fsp3) is 0.100. The van der Waals surface area contributed by atoms with E-state index in [-0.39, 0.29) is 10.6 Å². The van der Waals surface area contributed by atoms with Gasteiger partial charge in [-0.3, -0.25) is 4.98 Å². The molecule has 8 heteroatoms. The highest BCUT2D eigenvalue weighted by Gasteiger charge is 2.33. The summed E-state index contributed by atoms with van der Waals surface area (Å²) in [7, 11) is 0. The van der Waals surface area contributed by atoms with E-state index in [2.05, 4.69) is 9.97 Å². The van der Waals surface area contributed by atoms with Crippen LogP contribution in [0.2, 0.25) is 0 Å². The molecule has 0 radical (unpaired) electrons. The molecular weight excluding hydrogens is 319 g/mol. The number of aromatic nitrogens is 2. The molecule has 1 N–H and O–H groups in total. The van der Waals surface area contributed by atoms with Gasteiger partial charge in [-0.1, -0.05) is 34.8 Å². The van der Waals surface area contributed by atoms with Crippen LogP contribution in [0.15, 0.2) is 24.5 Å². The minimum absolute atomic E-state index is 0.0724. The van der Waals surface area contributed by atoms with E-state index < -0.39 is 9.76 Å². The Morgan fingerprint density at radius 3 is 2.33 bits per heavy atom. The summed E-state index contributed by atoms with van der Waals surface area (Å²) in [5.74, 6) is -1.17. The fourth-order valence-corrected chi connectivity index (χ4v) is 2.82. The van der Waals surface area contributed by atoms with Crippen molar-refractivity contribution >= 4 is 52.1 Å². The van der Waals surface area contributed by atoms with E-state index in [0.29, 0.717) is 5.01 Å². The van der Waals surface area contributed by atoms with Gasteiger partial charge >= 0.3 is 5.97 Å². The van der Waals surface area contributed by atoms with Crippen LogP contribution < -0.4 is 0 Å². The van der Waals surface area contributed by atoms with Crippen molar-refractivity contribution in [3.8, 4) is 10.6 Å². The summed E-state index contributed by atoms with van der Waals surface area (Å²) in [5, 5.41) is 9.54. The summed E-state index contributed by atoms with van der Waals surface area (Å²) < 4.78 is -1.87. The lowest BCUT2D eigenvalue weighted by Gasteiger charge is -2.07. The molecule has 0 aliphatic rings. The first kappa shape index (κ1) is 13.5. The molecule has 0 saturated heterocycles. The van der Waals surface area contributed by atoms with Crippen LogP contribution in [0.1, 0.15) is 15.4 Å². The Labute approximate surface area is 121 Å². The molecule has 0 unspecified atom stereocenters. The summed E-state index contributed by atoms with van der Waals surface area (Å²) in [6.07, 6.45) is 3.15. The number of aromatic carboxylic acids is 1. The van der Waals surface area contributed by atoms with Gasteiger partial charge in [0.25, 0.3) is 0 Å². The second-order valence-corrected chi connectivity index (χ2v) is 6.52. The van der Waals surface area contributed by atoms with Crippen molar-refractivity contribution in [2.24, 2.45) is 0 Å². The Morgan fingerprint density at radius 2 is 1.89 bits per heavy atom. The van der Waals surface area contributed by atoms with Crippen molar-refractivity contribution in [2.75, 3.05) is 0 Å². The number of hydrogen-bond acceptors (Lipinski definition) is 4. The van der Waals surface area contributed by atoms with Gasteiger partial charge in [-0.2, -0.15) is 0 Å². The number of carboxylic acids is 1. The highest BCUT2D eigenvalue weighted by Crippen LogP contribution is 2.42. The van der Waals surface area contributed by atoms with Gasteiger partial charge in [-0.15, -0.1) is 11.3 Å². The van der Waals surface area contributed by atoms with E-state index in [4.69, 9.17) is 39.9 Å². The average molecular weight is 324 g/mol. The molecule has 0 saturated carbocycles. The monoisotopic (exact) mass is 322 g/mol. The maximum Gasteiger partial charge on any atom is 0.348 e. The predicted molar refractivity (Wildman–Crippen MR) is 71.5 cm³/mol. The van der Waals surface area contributed by atoms with Gasteiger partial charge in [0, 0.05) is 18.0 Å². The molecule has 94 valence electrons. The zero-order chi connectivity index (χ0) is 13.3. The van der Waals surface area contributed by atoms with E-state index in [1.165, 1.54) is 0 Å². The Morgan fingerprint density at radius 1 is 1.28 bits per heavy atom. The molecule has 0 aromatic carbocycles. The largest absolute Gasteiger partial charge is 0.477 e. The molecule has 0 aliphatic carbocycles. The van der Waals surface area contributed by atoms with Crippen molar-refractivity contribution in [2.45, 2.75) is 3.79 Å². The van der Waals surface area contributed by atoms with Crippen LogP contribution in [0.25, 0.3) is 10.6 Å². The third-order valence-corrected chi connectivity index (χ3v) is 3.65. The number of carboxylic acid groups (broad SMARTS) is 1. The SMILES string of the molecule is O=C(O)c1sc(-c2ccncc2)nc1C(Cl)(Cl)Cl. The van der Waals surface area contributed by atoms with Gasteiger partial charge in [-0.25, -0.2) is 9.78 Å². The second kappa shape index (κ2) is 5.01. The van der Waals surface area contributed by atoms with E-state index >= 15 is 0 Å². The van der Waals surface area contributed by atoms with Crippen LogP contribution >= 0.6 is 46.1 Å². The first-order valence-electron chi connectivity index (χ1n) is 4.61. The predicted octanol–water partition coefficient (Wildman–Crippen LogP) is 3.73. The van der Waals surface area contributed by atoms with Gasteiger partial charge in [0.1, 0.15) is 15.6 Å². The summed E-state index contributed by atoms with van der Waals surface area (Å²) in [4.78, 5) is 19.0. The number of halogens is 3. The molecule has 0 spiro atoms. The number of rotatable bonds is 2. The molecule has 2 aromatic heterocycles. The first-order chi connectivity index (χ1) is 8.39. The van der Waals surface area contributed by atoms with Crippen molar-refractivity contribution in [3.63, 3.8) is 0 Å². The van der Waals surface area contributed by atoms with Crippen LogP contribution in [-0.2, 0) is 3.79 Å². The molecule has 2 heterocycles. The lowest BCUT2D eigenvalue weighted by atomic mass is 10.3. The van der Waals surface area contributed by atoms with E-state index in [9.17, 15) is 4.79 Å². The van der Waals surface area contributed by atoms with E-state index in [1.54, 1.807) is 24.5 Å². The first-order valence-corrected chi connectivity index (χ1v) is 6.56. The quantitative estimate of drug-likeness (QED) is 0.855. The zero-order valence-electron chi connectivity index (χ0n) is 8.60. The Kier molecular flexibility index (Phi) is 3.77. The number of nitrogens with zero attached hydrogens (tertiary/aromatic N) is 2. The van der Waals surface area contributed by atoms with Crippen molar-refractivity contribution in [1.82, 2.24) is 9.97 Å². The number of carbonyl (C=O) groups is 1. The molecule has 18 heavy (non-hydrogen) atoms. The van der Waals surface area contributed by atoms with Crippen LogP contribution in [0, 0.1) is 0 Å². The maximum atomic E-state index is 11.1. The number of thiazole rings is 1. The second-order valence-electron chi connectivity index (χ2n) is 3.24. The number of alkyl halides is 3. The lowest BCUT2D eigenvalue weighted by molar-refractivity contribution is 0.0701. The molecule has 0 aliphatic heterocycles. The minimum atomic E-state index is -1.87. The summed E-state index contributed by atoms with van der Waals surface area (Å²) in [6.45, 7) is 0. The van der Waals surface area contributed by atoms with Crippen LogP contribution in [0.3, 0.4) is 0 Å². The minimum Gasteiger partial charge on any atom is -0.477 e. The van der Waals surface area contributed by atoms with Gasteiger partial charge in [0.15, 0.2) is 0 Å². The topological polar surface area (TPSA) is 63.1 Å². The third kappa shape index (κ3) is 2.75. The van der Waals surface area contributed by atoms with E-state index in [0.717, 1.165) is 16.9 Å². The number of hydrogen-bond donors (Lipinski definition) is 1. The van der Waals surface area contributed by atoms with Crippen LogP contribution in [0.4, 0.5) is 0 Å². The van der Waals surface area contributed by atoms with Gasteiger partial charge in [-0.05, 0) is 12.1 Å². The molecule has 0 amide bonds. The molecule has 2 rings (SSSR count). The third-order valence-electron chi connectivity index (χ3n) is 2.02. The maximum absolute atomic E-state index is 11.1. The molecule has 0 bridgehead atoms. The standard InChI is InChI=1S/C10H5Cl3N2O2S/c11-10(12,13)7-6(9(16)17)18-8(15-7)5-1-3-14-4-2-5/h1-4H,(H,16,17). The van der Waals surface area contributed by atoms with Gasteiger partial charge in [0.05, 0.1) is 0 Å². The zero-order valence-corrected chi connectivity index (χ0v) is 11.7. The van der Waals surface area contributed by atoms with Crippen molar-refractivity contribution < 1.29 is 9.90 Å². The molecular formula is C10H5Cl3N2O2S. The van der Waals surface area contributed by atoms with E-state index in [1.807, 2.05) is 0 Å².